The molecule has 0 aliphatic heterocycles. The van der Waals surface area contributed by atoms with Crippen molar-refractivity contribution in [3.8, 4) is 11.7 Å². The van der Waals surface area contributed by atoms with E-state index in [0.717, 1.165) is 11.0 Å². The van der Waals surface area contributed by atoms with Crippen LogP contribution in [-0.4, -0.2) is 51.3 Å². The van der Waals surface area contributed by atoms with Crippen molar-refractivity contribution in [1.82, 2.24) is 40.3 Å². The van der Waals surface area contributed by atoms with E-state index in [1.807, 2.05) is 24.3 Å². The fourth-order valence-electron chi connectivity index (χ4n) is 3.60. The molecule has 0 saturated carbocycles. The standard InChI is InChI=1S/C21H15N11O3S/c22-17-18(30-35-29-17)32-14(9-36-21-24-12-7-3-4-8-13(12)25-21)16(27-31-32)20(34)28-26-15-10-5-1-2-6-11(10)23-19(15)33/h1-8,23,33H,9H2,(H2,22,29)(H,24,25). The summed E-state index contributed by atoms with van der Waals surface area (Å²) in [5.41, 5.74) is 8.55. The molecule has 4 heterocycles. The lowest BCUT2D eigenvalue weighted by Gasteiger charge is -2.03. The van der Waals surface area contributed by atoms with Gasteiger partial charge in [0.1, 0.15) is 0 Å². The average molecular weight is 501 g/mol. The number of carbonyl (C=O) groups excluding carboxylic acids is 1. The van der Waals surface area contributed by atoms with Crippen molar-refractivity contribution in [3.63, 3.8) is 0 Å². The number of thioether (sulfide) groups is 1. The minimum atomic E-state index is -0.777. The maximum absolute atomic E-state index is 13.0. The number of hydrogen-bond donors (Lipinski definition) is 4. The molecule has 0 fully saturated rings. The number of amides is 1. The van der Waals surface area contributed by atoms with Gasteiger partial charge in [-0.3, -0.25) is 4.79 Å². The van der Waals surface area contributed by atoms with Gasteiger partial charge in [-0.05, 0) is 28.5 Å². The van der Waals surface area contributed by atoms with Crippen LogP contribution in [0.4, 0.5) is 11.5 Å². The number of benzene rings is 2. The summed E-state index contributed by atoms with van der Waals surface area (Å²) in [6.45, 7) is 0. The van der Waals surface area contributed by atoms with Crippen molar-refractivity contribution in [2.45, 2.75) is 10.9 Å². The molecule has 2 aromatic carbocycles. The van der Waals surface area contributed by atoms with Gasteiger partial charge in [-0.25, -0.2) is 9.61 Å². The Hall–Kier alpha value is -5.05. The van der Waals surface area contributed by atoms with Crippen LogP contribution in [0.3, 0.4) is 0 Å². The molecule has 0 atom stereocenters. The Kier molecular flexibility index (Phi) is 5.15. The molecular formula is C21H15N11O3S. The zero-order valence-electron chi connectivity index (χ0n) is 18.2. The number of fused-ring (bicyclic) bond motifs is 2. The van der Waals surface area contributed by atoms with E-state index in [4.69, 9.17) is 5.73 Å². The molecule has 0 radical (unpaired) electrons. The molecule has 0 bridgehead atoms. The average Bonchev–Trinajstić information content (AvgIpc) is 3.65. The number of aromatic hydroxyl groups is 1. The number of para-hydroxylation sites is 3. The Bertz CT molecular complexity index is 1730. The maximum Gasteiger partial charge on any atom is 0.317 e. The van der Waals surface area contributed by atoms with Crippen LogP contribution in [0.2, 0.25) is 0 Å². The molecule has 0 spiro atoms. The zero-order chi connectivity index (χ0) is 24.6. The van der Waals surface area contributed by atoms with E-state index in [2.05, 4.69) is 50.4 Å². The van der Waals surface area contributed by atoms with Crippen molar-refractivity contribution in [2.24, 2.45) is 10.2 Å². The summed E-state index contributed by atoms with van der Waals surface area (Å²) in [6, 6.07) is 14.7. The molecule has 6 rings (SSSR count). The number of anilines is 1. The van der Waals surface area contributed by atoms with Gasteiger partial charge >= 0.3 is 5.91 Å². The zero-order valence-corrected chi connectivity index (χ0v) is 19.0. The van der Waals surface area contributed by atoms with Gasteiger partial charge in [0.2, 0.25) is 17.5 Å². The maximum atomic E-state index is 13.0. The normalized spacial score (nSPS) is 11.8. The highest BCUT2D eigenvalue weighted by molar-refractivity contribution is 7.98. The lowest BCUT2D eigenvalue weighted by molar-refractivity contribution is 0.0989. The van der Waals surface area contributed by atoms with E-state index in [9.17, 15) is 9.90 Å². The van der Waals surface area contributed by atoms with Gasteiger partial charge < -0.3 is 20.8 Å². The fourth-order valence-corrected chi connectivity index (χ4v) is 4.47. The van der Waals surface area contributed by atoms with Crippen molar-refractivity contribution in [1.29, 1.82) is 0 Å². The number of nitrogen functional groups attached to an aromatic ring is 1. The largest absolute Gasteiger partial charge is 0.493 e. The number of H-pyrrole nitrogens is 2. The minimum absolute atomic E-state index is 0.0285. The first-order chi connectivity index (χ1) is 17.6. The van der Waals surface area contributed by atoms with Gasteiger partial charge in [0.05, 0.1) is 22.2 Å². The quantitative estimate of drug-likeness (QED) is 0.193. The van der Waals surface area contributed by atoms with Crippen LogP contribution in [0, 0.1) is 0 Å². The van der Waals surface area contributed by atoms with Crippen LogP contribution < -0.4 is 5.73 Å². The molecule has 0 saturated heterocycles. The molecule has 1 amide bonds. The topological polar surface area (TPSA) is 202 Å². The van der Waals surface area contributed by atoms with Crippen molar-refractivity contribution >= 4 is 51.1 Å². The molecule has 14 nitrogen and oxygen atoms in total. The summed E-state index contributed by atoms with van der Waals surface area (Å²) in [4.78, 5) is 23.6. The molecule has 0 aliphatic rings. The molecule has 4 aromatic heterocycles. The number of carbonyl (C=O) groups is 1. The molecule has 36 heavy (non-hydrogen) atoms. The highest BCUT2D eigenvalue weighted by atomic mass is 32.2. The van der Waals surface area contributed by atoms with Crippen molar-refractivity contribution < 1.29 is 14.5 Å². The van der Waals surface area contributed by atoms with Crippen LogP contribution in [0.5, 0.6) is 5.88 Å². The molecular weight excluding hydrogens is 486 g/mol. The van der Waals surface area contributed by atoms with Crippen LogP contribution in [-0.2, 0) is 5.75 Å². The number of rotatable bonds is 6. The van der Waals surface area contributed by atoms with Crippen molar-refractivity contribution in [2.75, 3.05) is 5.73 Å². The number of imidazole rings is 1. The Balaban J connectivity index is 1.34. The first kappa shape index (κ1) is 21.5. The number of nitrogens with zero attached hydrogens (tertiary/aromatic N) is 8. The summed E-state index contributed by atoms with van der Waals surface area (Å²) < 4.78 is 5.94. The van der Waals surface area contributed by atoms with Gasteiger partial charge in [-0.1, -0.05) is 47.3 Å². The van der Waals surface area contributed by atoms with Gasteiger partial charge in [-0.15, -0.1) is 15.3 Å². The van der Waals surface area contributed by atoms with Crippen LogP contribution >= 0.6 is 11.8 Å². The van der Waals surface area contributed by atoms with E-state index < -0.39 is 5.91 Å². The van der Waals surface area contributed by atoms with E-state index in [0.29, 0.717) is 21.8 Å². The Labute approximate surface area is 204 Å². The summed E-state index contributed by atoms with van der Waals surface area (Å²) in [5, 5.41) is 34.5. The number of azo groups is 1. The monoisotopic (exact) mass is 501 g/mol. The van der Waals surface area contributed by atoms with E-state index in [1.54, 1.807) is 24.3 Å². The van der Waals surface area contributed by atoms with Gasteiger partial charge in [0.25, 0.3) is 0 Å². The van der Waals surface area contributed by atoms with Gasteiger partial charge in [0.15, 0.2) is 16.5 Å². The van der Waals surface area contributed by atoms with Gasteiger partial charge in [-0.2, -0.15) is 4.68 Å². The Morgan fingerprint density at radius 1 is 1.11 bits per heavy atom. The second-order valence-corrected chi connectivity index (χ2v) is 8.45. The highest BCUT2D eigenvalue weighted by Gasteiger charge is 2.25. The second kappa shape index (κ2) is 8.62. The number of aromatic nitrogens is 8. The smallest absolute Gasteiger partial charge is 0.317 e. The Morgan fingerprint density at radius 2 is 1.92 bits per heavy atom. The molecule has 0 unspecified atom stereocenters. The SMILES string of the molecule is Nc1nonc1-n1nnc(C(=O)N=Nc2c(O)[nH]c3ccccc23)c1CSc1nc2ccccc2[nH]1. The molecule has 0 aliphatic carbocycles. The van der Waals surface area contributed by atoms with E-state index in [-0.39, 0.29) is 34.6 Å². The molecule has 5 N–H and O–H groups in total. The Morgan fingerprint density at radius 3 is 2.72 bits per heavy atom. The van der Waals surface area contributed by atoms with Crippen molar-refractivity contribution in [3.05, 3.63) is 59.9 Å². The highest BCUT2D eigenvalue weighted by Crippen LogP contribution is 2.35. The fraction of sp³-hybridized carbons (Fsp3) is 0.0476. The minimum Gasteiger partial charge on any atom is -0.493 e. The summed E-state index contributed by atoms with van der Waals surface area (Å²) >= 11 is 1.32. The van der Waals surface area contributed by atoms with E-state index >= 15 is 0 Å². The number of nitrogens with one attached hydrogen (secondary N) is 2. The number of aromatic amines is 2. The second-order valence-electron chi connectivity index (χ2n) is 7.49. The third kappa shape index (κ3) is 3.72. The third-order valence-corrected chi connectivity index (χ3v) is 6.16. The lowest BCUT2D eigenvalue weighted by Crippen LogP contribution is -2.07. The molecule has 6 aromatic rings. The van der Waals surface area contributed by atoms with Gasteiger partial charge in [0, 0.05) is 11.1 Å². The summed E-state index contributed by atoms with van der Waals surface area (Å²) in [7, 11) is 0. The van der Waals surface area contributed by atoms with Crippen LogP contribution in [0.1, 0.15) is 16.2 Å². The van der Waals surface area contributed by atoms with E-state index in [1.165, 1.54) is 16.4 Å². The van der Waals surface area contributed by atoms with Crippen LogP contribution in [0.25, 0.3) is 27.8 Å². The predicted octanol–water partition coefficient (Wildman–Crippen LogP) is 3.51. The lowest BCUT2D eigenvalue weighted by atomic mass is 10.2. The predicted molar refractivity (Wildman–Crippen MR) is 128 cm³/mol. The first-order valence-electron chi connectivity index (χ1n) is 10.4. The molecule has 15 heteroatoms. The number of nitrogens with two attached hydrogens (primary N) is 1. The van der Waals surface area contributed by atoms with Crippen LogP contribution in [0.15, 0.2) is 68.5 Å². The first-order valence-corrected chi connectivity index (χ1v) is 11.4. The summed E-state index contributed by atoms with van der Waals surface area (Å²) in [6.07, 6.45) is 0. The number of hydrogen-bond acceptors (Lipinski definition) is 11. The summed E-state index contributed by atoms with van der Waals surface area (Å²) in [5.74, 6) is -0.736. The third-order valence-electron chi connectivity index (χ3n) is 5.28. The molecule has 178 valence electrons.